The Morgan fingerprint density at radius 1 is 1.05 bits per heavy atom. The molecular weight excluding hydrogens is 250 g/mol. The summed E-state index contributed by atoms with van der Waals surface area (Å²) in [6.45, 7) is 8.16. The van der Waals surface area contributed by atoms with Gasteiger partial charge in [0.2, 0.25) is 0 Å². The van der Waals surface area contributed by atoms with E-state index in [-0.39, 0.29) is 0 Å². The van der Waals surface area contributed by atoms with Gasteiger partial charge in [-0.15, -0.1) is 5.10 Å². The van der Waals surface area contributed by atoms with Crippen LogP contribution in [0.1, 0.15) is 44.3 Å². The minimum Gasteiger partial charge on any atom is -0.311 e. The zero-order chi connectivity index (χ0) is 14.4. The normalized spacial score (nSPS) is 10.9. The Labute approximate surface area is 120 Å². The molecule has 1 N–H and O–H groups in total. The first-order valence-corrected chi connectivity index (χ1v) is 7.40. The molecule has 0 spiro atoms. The van der Waals surface area contributed by atoms with E-state index in [1.807, 2.05) is 16.8 Å². The number of aromatic nitrogens is 4. The molecule has 5 heteroatoms. The number of nitrogens with zero attached hydrogens (tertiary/aromatic N) is 4. The first-order valence-electron chi connectivity index (χ1n) is 7.40. The third-order valence-electron chi connectivity index (χ3n) is 3.21. The lowest BCUT2D eigenvalue weighted by Gasteiger charge is -2.05. The van der Waals surface area contributed by atoms with Crippen molar-refractivity contribution in [2.45, 2.75) is 46.6 Å². The van der Waals surface area contributed by atoms with Gasteiger partial charge in [0, 0.05) is 12.2 Å². The first kappa shape index (κ1) is 14.7. The van der Waals surface area contributed by atoms with Crippen LogP contribution in [0.2, 0.25) is 0 Å². The Hall–Kier alpha value is -1.75. The van der Waals surface area contributed by atoms with Crippen LogP contribution in [0.3, 0.4) is 0 Å². The summed E-state index contributed by atoms with van der Waals surface area (Å²) in [5, 5.41) is 16.5. The van der Waals surface area contributed by atoms with Gasteiger partial charge in [-0.05, 0) is 44.0 Å². The fourth-order valence-electron chi connectivity index (χ4n) is 2.05. The van der Waals surface area contributed by atoms with Crippen LogP contribution in [0.25, 0.3) is 5.82 Å². The molecule has 0 aliphatic carbocycles. The van der Waals surface area contributed by atoms with E-state index in [2.05, 4.69) is 47.5 Å². The van der Waals surface area contributed by atoms with Crippen LogP contribution in [0, 0.1) is 0 Å². The number of nitrogens with one attached hydrogen (secondary N) is 1. The molecular formula is C15H23N5. The van der Waals surface area contributed by atoms with Gasteiger partial charge >= 0.3 is 0 Å². The molecule has 0 aliphatic heterocycles. The monoisotopic (exact) mass is 273 g/mol. The minimum atomic E-state index is 0.765. The molecule has 0 saturated heterocycles. The fourth-order valence-corrected chi connectivity index (χ4v) is 2.05. The minimum absolute atomic E-state index is 0.765. The zero-order valence-electron chi connectivity index (χ0n) is 12.6. The van der Waals surface area contributed by atoms with Gasteiger partial charge in [0.1, 0.15) is 0 Å². The lowest BCUT2D eigenvalue weighted by Crippen LogP contribution is -2.15. The van der Waals surface area contributed by atoms with Crippen molar-refractivity contribution in [2.24, 2.45) is 0 Å². The zero-order valence-corrected chi connectivity index (χ0v) is 12.6. The van der Waals surface area contributed by atoms with Gasteiger partial charge in [-0.2, -0.15) is 10.2 Å². The molecule has 2 aromatic rings. The maximum Gasteiger partial charge on any atom is 0.175 e. The second kappa shape index (κ2) is 7.14. The Kier molecular flexibility index (Phi) is 5.24. The van der Waals surface area contributed by atoms with Crippen LogP contribution < -0.4 is 5.32 Å². The average molecular weight is 273 g/mol. The van der Waals surface area contributed by atoms with E-state index in [9.17, 15) is 0 Å². The second-order valence-corrected chi connectivity index (χ2v) is 4.81. The highest BCUT2D eigenvalue weighted by molar-refractivity contribution is 5.26. The van der Waals surface area contributed by atoms with Crippen LogP contribution in [0.4, 0.5) is 0 Å². The van der Waals surface area contributed by atoms with Crippen LogP contribution >= 0.6 is 0 Å². The number of aryl methyl sites for hydroxylation is 2. The summed E-state index contributed by atoms with van der Waals surface area (Å²) in [5.74, 6) is 0.792. The predicted octanol–water partition coefficient (Wildman–Crippen LogP) is 2.29. The summed E-state index contributed by atoms with van der Waals surface area (Å²) in [6.07, 6.45) is 3.00. The molecule has 0 aromatic carbocycles. The Morgan fingerprint density at radius 3 is 2.50 bits per heavy atom. The van der Waals surface area contributed by atoms with Crippen molar-refractivity contribution in [3.05, 3.63) is 35.3 Å². The van der Waals surface area contributed by atoms with Crippen molar-refractivity contribution in [3.63, 3.8) is 0 Å². The van der Waals surface area contributed by atoms with Gasteiger partial charge in [0.15, 0.2) is 5.82 Å². The smallest absolute Gasteiger partial charge is 0.175 e. The quantitative estimate of drug-likeness (QED) is 0.786. The van der Waals surface area contributed by atoms with Crippen molar-refractivity contribution < 1.29 is 0 Å². The van der Waals surface area contributed by atoms with Crippen molar-refractivity contribution in [1.82, 2.24) is 25.3 Å². The van der Waals surface area contributed by atoms with Gasteiger partial charge in [-0.25, -0.2) is 4.68 Å². The fraction of sp³-hybridized carbons (Fsp3) is 0.533. The van der Waals surface area contributed by atoms with Gasteiger partial charge in [0.05, 0.1) is 11.4 Å². The van der Waals surface area contributed by atoms with E-state index >= 15 is 0 Å². The van der Waals surface area contributed by atoms with Crippen LogP contribution in [0.15, 0.2) is 18.2 Å². The standard InChI is InChI=1S/C15H23N5/c1-4-9-16-11-13-7-8-15(18-17-13)20-14(6-3)10-12(5-2)19-20/h7-8,10,16H,4-6,9,11H2,1-3H3. The molecule has 108 valence electrons. The largest absolute Gasteiger partial charge is 0.311 e. The molecule has 0 bridgehead atoms. The SMILES string of the molecule is CCCNCc1ccc(-n2nc(CC)cc2CC)nn1. The van der Waals surface area contributed by atoms with Crippen molar-refractivity contribution >= 4 is 0 Å². The second-order valence-electron chi connectivity index (χ2n) is 4.81. The van der Waals surface area contributed by atoms with E-state index in [1.54, 1.807) is 0 Å². The third-order valence-corrected chi connectivity index (χ3v) is 3.21. The van der Waals surface area contributed by atoms with E-state index < -0.39 is 0 Å². The third kappa shape index (κ3) is 3.42. The van der Waals surface area contributed by atoms with Crippen LogP contribution in [0.5, 0.6) is 0 Å². The van der Waals surface area contributed by atoms with Gasteiger partial charge in [-0.3, -0.25) is 0 Å². The molecule has 0 saturated carbocycles. The molecule has 2 aromatic heterocycles. The van der Waals surface area contributed by atoms with Gasteiger partial charge < -0.3 is 5.32 Å². The number of rotatable bonds is 7. The Bertz CT molecular complexity index is 530. The first-order chi connectivity index (χ1) is 9.78. The molecule has 0 radical (unpaired) electrons. The highest BCUT2D eigenvalue weighted by Gasteiger charge is 2.08. The highest BCUT2D eigenvalue weighted by Crippen LogP contribution is 2.11. The molecule has 0 unspecified atom stereocenters. The number of hydrogen-bond acceptors (Lipinski definition) is 4. The van der Waals surface area contributed by atoms with Crippen molar-refractivity contribution in [1.29, 1.82) is 0 Å². The molecule has 2 heterocycles. The summed E-state index contributed by atoms with van der Waals surface area (Å²) < 4.78 is 1.90. The highest BCUT2D eigenvalue weighted by atomic mass is 15.3. The number of hydrogen-bond donors (Lipinski definition) is 1. The lowest BCUT2D eigenvalue weighted by molar-refractivity contribution is 0.652. The summed E-state index contributed by atoms with van der Waals surface area (Å²) >= 11 is 0. The van der Waals surface area contributed by atoms with Crippen molar-refractivity contribution in [2.75, 3.05) is 6.54 Å². The lowest BCUT2D eigenvalue weighted by atomic mass is 10.2. The van der Waals surface area contributed by atoms with Crippen LogP contribution in [-0.4, -0.2) is 26.5 Å². The van der Waals surface area contributed by atoms with Gasteiger partial charge in [-0.1, -0.05) is 20.8 Å². The molecule has 0 atom stereocenters. The molecule has 0 aliphatic rings. The van der Waals surface area contributed by atoms with E-state index in [1.165, 1.54) is 5.69 Å². The summed E-state index contributed by atoms with van der Waals surface area (Å²) in [7, 11) is 0. The summed E-state index contributed by atoms with van der Waals surface area (Å²) in [5.41, 5.74) is 3.23. The summed E-state index contributed by atoms with van der Waals surface area (Å²) in [6, 6.07) is 6.14. The maximum atomic E-state index is 4.57. The average Bonchev–Trinajstić information content (AvgIpc) is 2.91. The predicted molar refractivity (Wildman–Crippen MR) is 79.9 cm³/mol. The van der Waals surface area contributed by atoms with E-state index in [0.29, 0.717) is 0 Å². The molecule has 0 fully saturated rings. The topological polar surface area (TPSA) is 55.6 Å². The molecule has 5 nitrogen and oxygen atoms in total. The van der Waals surface area contributed by atoms with Crippen LogP contribution in [-0.2, 0) is 19.4 Å². The van der Waals surface area contributed by atoms with E-state index in [4.69, 9.17) is 0 Å². The summed E-state index contributed by atoms with van der Waals surface area (Å²) in [4.78, 5) is 0. The molecule has 2 rings (SSSR count). The molecule has 20 heavy (non-hydrogen) atoms. The Morgan fingerprint density at radius 2 is 1.90 bits per heavy atom. The Balaban J connectivity index is 2.14. The molecule has 0 amide bonds. The van der Waals surface area contributed by atoms with Gasteiger partial charge in [0.25, 0.3) is 0 Å². The maximum absolute atomic E-state index is 4.57. The van der Waals surface area contributed by atoms with Crippen molar-refractivity contribution in [3.8, 4) is 5.82 Å². The van der Waals surface area contributed by atoms with E-state index in [0.717, 1.165) is 49.6 Å².